The molecule has 3 aromatic rings. The molecule has 26 heavy (non-hydrogen) atoms. The number of nitrogens with zero attached hydrogens (tertiary/aromatic N) is 3. The number of hydrogen-bond acceptors (Lipinski definition) is 4. The third kappa shape index (κ3) is 3.30. The van der Waals surface area contributed by atoms with Gasteiger partial charge in [0.15, 0.2) is 0 Å². The number of pyridine rings is 1. The first-order chi connectivity index (χ1) is 12.7. The fourth-order valence-corrected chi connectivity index (χ4v) is 3.62. The molecule has 7 heteroatoms. The number of hydrogen-bond donors (Lipinski definition) is 2. The van der Waals surface area contributed by atoms with E-state index in [9.17, 15) is 5.11 Å². The summed E-state index contributed by atoms with van der Waals surface area (Å²) in [4.78, 5) is 14.5. The number of aromatic nitrogens is 3. The van der Waals surface area contributed by atoms with E-state index < -0.39 is 0 Å². The van der Waals surface area contributed by atoms with E-state index in [1.54, 1.807) is 18.3 Å². The van der Waals surface area contributed by atoms with Gasteiger partial charge in [-0.1, -0.05) is 29.3 Å². The number of aromatic amines is 1. The summed E-state index contributed by atoms with van der Waals surface area (Å²) in [7, 11) is 0. The van der Waals surface area contributed by atoms with Crippen LogP contribution in [0.4, 0.5) is 5.82 Å². The van der Waals surface area contributed by atoms with E-state index in [4.69, 9.17) is 23.2 Å². The lowest BCUT2D eigenvalue weighted by molar-refractivity contribution is 0.266. The molecule has 2 N–H and O–H groups in total. The molecule has 1 unspecified atom stereocenters. The average Bonchev–Trinajstić information content (AvgIpc) is 3.33. The highest BCUT2D eigenvalue weighted by Crippen LogP contribution is 2.30. The van der Waals surface area contributed by atoms with Crippen LogP contribution in [-0.4, -0.2) is 39.3 Å². The molecule has 3 heterocycles. The van der Waals surface area contributed by atoms with Gasteiger partial charge in [0.25, 0.3) is 0 Å². The molecule has 0 bridgehead atoms. The second-order valence-electron chi connectivity index (χ2n) is 6.34. The van der Waals surface area contributed by atoms with Crippen molar-refractivity contribution in [1.82, 2.24) is 15.0 Å². The smallest absolute Gasteiger partial charge is 0.138 e. The minimum absolute atomic E-state index is 0.140. The number of nitrogens with one attached hydrogen (secondary N) is 1. The summed E-state index contributed by atoms with van der Waals surface area (Å²) in [5.41, 5.74) is 2.65. The van der Waals surface area contributed by atoms with Crippen molar-refractivity contribution in [2.75, 3.05) is 18.1 Å². The number of halogens is 2. The van der Waals surface area contributed by atoms with Gasteiger partial charge in [-0.2, -0.15) is 0 Å². The molecule has 1 atom stereocenters. The van der Waals surface area contributed by atoms with Gasteiger partial charge in [0.1, 0.15) is 11.6 Å². The van der Waals surface area contributed by atoms with Crippen LogP contribution in [-0.2, 0) is 0 Å². The lowest BCUT2D eigenvalue weighted by Gasteiger charge is -2.24. The van der Waals surface area contributed by atoms with Gasteiger partial charge in [-0.15, -0.1) is 0 Å². The Morgan fingerprint density at radius 3 is 2.85 bits per heavy atom. The van der Waals surface area contributed by atoms with Crippen LogP contribution < -0.4 is 4.90 Å². The fourth-order valence-electron chi connectivity index (χ4n) is 3.32. The maximum absolute atomic E-state index is 9.55. The van der Waals surface area contributed by atoms with Crippen molar-refractivity contribution in [3.05, 3.63) is 52.8 Å². The first-order valence-electron chi connectivity index (χ1n) is 8.50. The number of anilines is 1. The molecule has 1 aliphatic heterocycles. The highest BCUT2D eigenvalue weighted by molar-refractivity contribution is 6.42. The number of aliphatic hydroxyl groups excluding tert-OH is 1. The summed E-state index contributed by atoms with van der Waals surface area (Å²) in [5, 5.41) is 10.6. The summed E-state index contributed by atoms with van der Waals surface area (Å²) in [6.45, 7) is 1.06. The first kappa shape index (κ1) is 17.3. The maximum atomic E-state index is 9.55. The second kappa shape index (κ2) is 7.27. The van der Waals surface area contributed by atoms with E-state index in [1.807, 2.05) is 24.4 Å². The van der Waals surface area contributed by atoms with E-state index in [2.05, 4.69) is 19.9 Å². The zero-order valence-electron chi connectivity index (χ0n) is 14.0. The standard InChI is InChI=1S/C19H18Cl2N4O/c20-15-4-3-12(8-16(15)21)17-10-23-19(24-17)13-5-6-22-18(9-13)25-7-1-2-14(25)11-26/h3-6,8-10,14,26H,1-2,7,11H2,(H,23,24). The Bertz CT molecular complexity index is 927. The van der Waals surface area contributed by atoms with E-state index >= 15 is 0 Å². The highest BCUT2D eigenvalue weighted by Gasteiger charge is 2.25. The Hall–Kier alpha value is -2.08. The van der Waals surface area contributed by atoms with E-state index in [1.165, 1.54) is 0 Å². The molecule has 4 rings (SSSR count). The van der Waals surface area contributed by atoms with Crippen LogP contribution in [0.25, 0.3) is 22.6 Å². The van der Waals surface area contributed by atoms with Gasteiger partial charge in [-0.05, 0) is 37.1 Å². The Kier molecular flexibility index (Phi) is 4.85. The number of benzene rings is 1. The Morgan fingerprint density at radius 1 is 1.15 bits per heavy atom. The minimum Gasteiger partial charge on any atom is -0.394 e. The monoisotopic (exact) mass is 388 g/mol. The molecule has 0 amide bonds. The summed E-state index contributed by atoms with van der Waals surface area (Å²) in [6, 6.07) is 9.53. The predicted molar refractivity (Wildman–Crippen MR) is 105 cm³/mol. The number of rotatable bonds is 4. The third-order valence-electron chi connectivity index (χ3n) is 4.69. The van der Waals surface area contributed by atoms with Crippen LogP contribution in [0.3, 0.4) is 0 Å². The van der Waals surface area contributed by atoms with Gasteiger partial charge in [-0.3, -0.25) is 0 Å². The van der Waals surface area contributed by atoms with Crippen LogP contribution in [0, 0.1) is 0 Å². The van der Waals surface area contributed by atoms with Gasteiger partial charge in [0.05, 0.1) is 28.4 Å². The van der Waals surface area contributed by atoms with E-state index in [-0.39, 0.29) is 12.6 Å². The van der Waals surface area contributed by atoms with Crippen LogP contribution in [0.2, 0.25) is 10.0 Å². The summed E-state index contributed by atoms with van der Waals surface area (Å²) in [6.07, 6.45) is 5.68. The van der Waals surface area contributed by atoms with Crippen LogP contribution >= 0.6 is 23.2 Å². The Labute approximate surface area is 161 Å². The molecule has 1 fully saturated rings. The molecule has 0 radical (unpaired) electrons. The van der Waals surface area contributed by atoms with Crippen molar-refractivity contribution in [2.24, 2.45) is 0 Å². The molecule has 0 aliphatic carbocycles. The van der Waals surface area contributed by atoms with Gasteiger partial charge in [0.2, 0.25) is 0 Å². The first-order valence-corrected chi connectivity index (χ1v) is 9.26. The van der Waals surface area contributed by atoms with Crippen molar-refractivity contribution < 1.29 is 5.11 Å². The molecule has 134 valence electrons. The van der Waals surface area contributed by atoms with Crippen molar-refractivity contribution in [3.8, 4) is 22.6 Å². The normalized spacial score (nSPS) is 17.0. The van der Waals surface area contributed by atoms with Crippen LogP contribution in [0.5, 0.6) is 0 Å². The van der Waals surface area contributed by atoms with Crippen molar-refractivity contribution in [3.63, 3.8) is 0 Å². The number of H-pyrrole nitrogens is 1. The zero-order chi connectivity index (χ0) is 18.1. The molecular formula is C19H18Cl2N4O. The fraction of sp³-hybridized carbons (Fsp3) is 0.263. The zero-order valence-corrected chi connectivity index (χ0v) is 15.5. The molecule has 2 aromatic heterocycles. The lowest BCUT2D eigenvalue weighted by Crippen LogP contribution is -2.32. The molecule has 1 saturated heterocycles. The molecule has 1 aromatic carbocycles. The molecule has 1 aliphatic rings. The van der Waals surface area contributed by atoms with Gasteiger partial charge in [0, 0.05) is 30.1 Å². The summed E-state index contributed by atoms with van der Waals surface area (Å²) < 4.78 is 0. The average molecular weight is 389 g/mol. The number of aliphatic hydroxyl groups is 1. The Morgan fingerprint density at radius 2 is 2.04 bits per heavy atom. The molecule has 0 spiro atoms. The van der Waals surface area contributed by atoms with Crippen molar-refractivity contribution >= 4 is 29.0 Å². The van der Waals surface area contributed by atoms with Gasteiger partial charge < -0.3 is 15.0 Å². The van der Waals surface area contributed by atoms with Gasteiger partial charge in [-0.25, -0.2) is 9.97 Å². The maximum Gasteiger partial charge on any atom is 0.138 e. The van der Waals surface area contributed by atoms with Crippen LogP contribution in [0.15, 0.2) is 42.7 Å². The lowest BCUT2D eigenvalue weighted by atomic mass is 10.2. The Balaban J connectivity index is 1.63. The largest absolute Gasteiger partial charge is 0.394 e. The predicted octanol–water partition coefficient (Wildman–Crippen LogP) is 4.41. The third-order valence-corrected chi connectivity index (χ3v) is 5.43. The van der Waals surface area contributed by atoms with Crippen LogP contribution in [0.1, 0.15) is 12.8 Å². The van der Waals surface area contributed by atoms with Crippen molar-refractivity contribution in [2.45, 2.75) is 18.9 Å². The van der Waals surface area contributed by atoms with E-state index in [0.29, 0.717) is 10.0 Å². The molecule has 5 nitrogen and oxygen atoms in total. The summed E-state index contributed by atoms with van der Waals surface area (Å²) in [5.74, 6) is 1.63. The van der Waals surface area contributed by atoms with Gasteiger partial charge >= 0.3 is 0 Å². The molecule has 0 saturated carbocycles. The number of imidazole rings is 1. The second-order valence-corrected chi connectivity index (χ2v) is 7.15. The topological polar surface area (TPSA) is 65.0 Å². The molecular weight excluding hydrogens is 371 g/mol. The van der Waals surface area contributed by atoms with Crippen molar-refractivity contribution in [1.29, 1.82) is 0 Å². The summed E-state index contributed by atoms with van der Waals surface area (Å²) >= 11 is 12.1. The quantitative estimate of drug-likeness (QED) is 0.694. The SMILES string of the molecule is OCC1CCCN1c1cc(-c2nc(-c3ccc(Cl)c(Cl)c3)c[nH]2)ccn1. The van der Waals surface area contributed by atoms with E-state index in [0.717, 1.165) is 47.8 Å². The highest BCUT2D eigenvalue weighted by atomic mass is 35.5. The minimum atomic E-state index is 0.140.